The Bertz CT molecular complexity index is 809. The van der Waals surface area contributed by atoms with Crippen LogP contribution in [0.3, 0.4) is 0 Å². The first kappa shape index (κ1) is 15.6. The molecular formula is C16H19N5OS. The van der Waals surface area contributed by atoms with E-state index in [1.165, 1.54) is 0 Å². The molecule has 0 bridgehead atoms. The molecule has 120 valence electrons. The summed E-state index contributed by atoms with van der Waals surface area (Å²) in [6.45, 7) is 6.67. The summed E-state index contributed by atoms with van der Waals surface area (Å²) in [7, 11) is 0. The summed E-state index contributed by atoms with van der Waals surface area (Å²) in [4.78, 5) is 18.6. The highest BCUT2D eigenvalue weighted by Gasteiger charge is 2.19. The van der Waals surface area contributed by atoms with Crippen molar-refractivity contribution in [2.75, 3.05) is 0 Å². The second-order valence-corrected chi connectivity index (χ2v) is 7.06. The second kappa shape index (κ2) is 6.45. The maximum Gasteiger partial charge on any atom is 0.251 e. The van der Waals surface area contributed by atoms with E-state index in [0.29, 0.717) is 12.1 Å². The molecule has 6 nitrogen and oxygen atoms in total. The van der Waals surface area contributed by atoms with Gasteiger partial charge in [-0.2, -0.15) is 15.0 Å². The number of carbonyl (C=O) groups is 1. The van der Waals surface area contributed by atoms with Crippen LogP contribution >= 0.6 is 11.3 Å². The molecule has 3 rings (SSSR count). The van der Waals surface area contributed by atoms with Crippen molar-refractivity contribution in [2.45, 2.75) is 33.4 Å². The number of hydrogen-bond donors (Lipinski definition) is 1. The zero-order chi connectivity index (χ0) is 16.4. The third-order valence-corrected chi connectivity index (χ3v) is 4.64. The first-order valence-electron chi connectivity index (χ1n) is 7.55. The van der Waals surface area contributed by atoms with Gasteiger partial charge in [0.15, 0.2) is 0 Å². The molecule has 0 aliphatic rings. The van der Waals surface area contributed by atoms with Crippen LogP contribution < -0.4 is 5.32 Å². The third kappa shape index (κ3) is 3.56. The van der Waals surface area contributed by atoms with Crippen LogP contribution in [-0.4, -0.2) is 31.9 Å². The lowest BCUT2D eigenvalue weighted by molar-refractivity contribution is 0.0918. The summed E-state index contributed by atoms with van der Waals surface area (Å²) in [6.07, 6.45) is 3.28. The van der Waals surface area contributed by atoms with Gasteiger partial charge in [-0.15, -0.1) is 11.3 Å². The predicted octanol–water partition coefficient (Wildman–Crippen LogP) is 2.65. The maximum atomic E-state index is 12.6. The van der Waals surface area contributed by atoms with Crippen LogP contribution in [-0.2, 0) is 6.54 Å². The number of fused-ring (bicyclic) bond motifs is 1. The molecule has 0 aliphatic carbocycles. The molecule has 7 heteroatoms. The quantitative estimate of drug-likeness (QED) is 0.781. The van der Waals surface area contributed by atoms with Gasteiger partial charge in [0.25, 0.3) is 5.91 Å². The number of thiazole rings is 1. The highest BCUT2D eigenvalue weighted by Crippen LogP contribution is 2.22. The Morgan fingerprint density at radius 2 is 2.04 bits per heavy atom. The van der Waals surface area contributed by atoms with E-state index in [2.05, 4.69) is 34.3 Å². The number of rotatable bonds is 5. The minimum atomic E-state index is -0.0798. The summed E-state index contributed by atoms with van der Waals surface area (Å²) >= 11 is 1.60. The van der Waals surface area contributed by atoms with Crippen LogP contribution in [0.25, 0.3) is 10.2 Å². The van der Waals surface area contributed by atoms with E-state index in [-0.39, 0.29) is 17.9 Å². The Labute approximate surface area is 138 Å². The number of hydrogen-bond acceptors (Lipinski definition) is 5. The van der Waals surface area contributed by atoms with Gasteiger partial charge < -0.3 is 5.32 Å². The fourth-order valence-corrected chi connectivity index (χ4v) is 3.24. The molecule has 1 amide bonds. The summed E-state index contributed by atoms with van der Waals surface area (Å²) < 4.78 is 1.03. The Balaban J connectivity index is 1.76. The Morgan fingerprint density at radius 3 is 2.74 bits per heavy atom. The smallest absolute Gasteiger partial charge is 0.251 e. The topological polar surface area (TPSA) is 72.7 Å². The first-order valence-corrected chi connectivity index (χ1v) is 8.37. The first-order chi connectivity index (χ1) is 11.0. The van der Waals surface area contributed by atoms with Gasteiger partial charge in [-0.3, -0.25) is 4.79 Å². The van der Waals surface area contributed by atoms with Crippen LogP contribution in [0.4, 0.5) is 0 Å². The molecule has 2 aromatic heterocycles. The van der Waals surface area contributed by atoms with Crippen LogP contribution in [0, 0.1) is 12.8 Å². The van der Waals surface area contributed by atoms with E-state index < -0.39 is 0 Å². The summed E-state index contributed by atoms with van der Waals surface area (Å²) in [5, 5.41) is 12.3. The van der Waals surface area contributed by atoms with Gasteiger partial charge in [-0.25, -0.2) is 4.98 Å². The highest BCUT2D eigenvalue weighted by atomic mass is 32.1. The molecule has 0 aliphatic heterocycles. The van der Waals surface area contributed by atoms with Crippen molar-refractivity contribution in [3.8, 4) is 0 Å². The molecule has 0 fully saturated rings. The van der Waals surface area contributed by atoms with E-state index >= 15 is 0 Å². The molecule has 1 aromatic carbocycles. The van der Waals surface area contributed by atoms with Crippen molar-refractivity contribution in [3.05, 3.63) is 41.2 Å². The predicted molar refractivity (Wildman–Crippen MR) is 90.5 cm³/mol. The minimum Gasteiger partial charge on any atom is -0.347 e. The SMILES string of the molecule is Cc1nc2ccc(C(=O)NC(Cn3nccn3)C(C)C)cc2s1. The largest absolute Gasteiger partial charge is 0.347 e. The van der Waals surface area contributed by atoms with Crippen LogP contribution in [0.1, 0.15) is 29.2 Å². The number of aromatic nitrogens is 4. The van der Waals surface area contributed by atoms with E-state index in [9.17, 15) is 4.79 Å². The fraction of sp³-hybridized carbons (Fsp3) is 0.375. The van der Waals surface area contributed by atoms with Gasteiger partial charge in [0.1, 0.15) is 0 Å². The molecule has 2 heterocycles. The Kier molecular flexibility index (Phi) is 4.38. The zero-order valence-corrected chi connectivity index (χ0v) is 14.2. The van der Waals surface area contributed by atoms with Crippen molar-refractivity contribution in [1.29, 1.82) is 0 Å². The van der Waals surface area contributed by atoms with Crippen LogP contribution in [0.5, 0.6) is 0 Å². The normalized spacial score (nSPS) is 12.7. The minimum absolute atomic E-state index is 0.0335. The van der Waals surface area contributed by atoms with Crippen LogP contribution in [0.2, 0.25) is 0 Å². The fourth-order valence-electron chi connectivity index (χ4n) is 2.37. The van der Waals surface area contributed by atoms with E-state index in [1.807, 2.05) is 25.1 Å². The van der Waals surface area contributed by atoms with Crippen molar-refractivity contribution < 1.29 is 4.79 Å². The molecule has 3 aromatic rings. The van der Waals surface area contributed by atoms with E-state index in [1.54, 1.807) is 28.5 Å². The summed E-state index contributed by atoms with van der Waals surface area (Å²) in [5.41, 5.74) is 1.59. The van der Waals surface area contributed by atoms with E-state index in [4.69, 9.17) is 0 Å². The Morgan fingerprint density at radius 1 is 1.30 bits per heavy atom. The third-order valence-electron chi connectivity index (χ3n) is 3.71. The lowest BCUT2D eigenvalue weighted by atomic mass is 10.0. The number of amides is 1. The molecule has 0 saturated heterocycles. The number of nitrogens with one attached hydrogen (secondary N) is 1. The van der Waals surface area contributed by atoms with Gasteiger partial charge >= 0.3 is 0 Å². The second-order valence-electron chi connectivity index (χ2n) is 5.82. The van der Waals surface area contributed by atoms with Crippen molar-refractivity contribution in [3.63, 3.8) is 0 Å². The van der Waals surface area contributed by atoms with Gasteiger partial charge in [-0.05, 0) is 31.0 Å². The summed E-state index contributed by atoms with van der Waals surface area (Å²) in [6, 6.07) is 5.58. The Hall–Kier alpha value is -2.28. The van der Waals surface area contributed by atoms with Gasteiger partial charge in [0.05, 0.1) is 40.2 Å². The van der Waals surface area contributed by atoms with Gasteiger partial charge in [-0.1, -0.05) is 13.8 Å². The van der Waals surface area contributed by atoms with Gasteiger partial charge in [0.2, 0.25) is 0 Å². The van der Waals surface area contributed by atoms with Gasteiger partial charge in [0, 0.05) is 5.56 Å². The number of nitrogens with zero attached hydrogens (tertiary/aromatic N) is 4. The van der Waals surface area contributed by atoms with Crippen molar-refractivity contribution >= 4 is 27.5 Å². The monoisotopic (exact) mass is 329 g/mol. The van der Waals surface area contributed by atoms with Crippen LogP contribution in [0.15, 0.2) is 30.6 Å². The highest BCUT2D eigenvalue weighted by molar-refractivity contribution is 7.18. The lowest BCUT2D eigenvalue weighted by Gasteiger charge is -2.21. The molecule has 1 atom stereocenters. The standard InChI is InChI=1S/C16H19N5OS/c1-10(2)14(9-21-17-6-7-18-21)20-16(22)12-4-5-13-15(8-12)23-11(3)19-13/h4-8,10,14H,9H2,1-3H3,(H,20,22). The number of benzene rings is 1. The molecule has 0 saturated carbocycles. The van der Waals surface area contributed by atoms with E-state index in [0.717, 1.165) is 15.2 Å². The van der Waals surface area contributed by atoms with Crippen molar-refractivity contribution in [1.82, 2.24) is 25.3 Å². The molecule has 23 heavy (non-hydrogen) atoms. The molecular weight excluding hydrogens is 310 g/mol. The molecule has 0 radical (unpaired) electrons. The molecule has 1 unspecified atom stereocenters. The zero-order valence-electron chi connectivity index (χ0n) is 13.4. The average Bonchev–Trinajstić information content (AvgIpc) is 3.13. The summed E-state index contributed by atoms with van der Waals surface area (Å²) in [5.74, 6) is 0.197. The molecule has 1 N–H and O–H groups in total. The maximum absolute atomic E-state index is 12.6. The average molecular weight is 329 g/mol. The molecule has 0 spiro atoms. The number of carbonyl (C=O) groups excluding carboxylic acids is 1. The van der Waals surface area contributed by atoms with Crippen molar-refractivity contribution in [2.24, 2.45) is 5.92 Å². The lowest BCUT2D eigenvalue weighted by Crippen LogP contribution is -2.42. The number of aryl methyl sites for hydroxylation is 1.